The maximum absolute atomic E-state index is 10.7. The summed E-state index contributed by atoms with van der Waals surface area (Å²) in [4.78, 5) is 19.6. The maximum atomic E-state index is 10.7. The van der Waals surface area contributed by atoms with Gasteiger partial charge < -0.3 is 5.11 Å². The van der Waals surface area contributed by atoms with Crippen molar-refractivity contribution in [3.8, 4) is 0 Å². The van der Waals surface area contributed by atoms with E-state index in [2.05, 4.69) is 15.0 Å². The van der Waals surface area contributed by atoms with Gasteiger partial charge in [0.25, 0.3) is 0 Å². The Hall–Kier alpha value is -1.54. The van der Waals surface area contributed by atoms with Crippen molar-refractivity contribution in [1.82, 2.24) is 15.0 Å². The molecule has 8 heteroatoms. The van der Waals surface area contributed by atoms with E-state index in [1.54, 1.807) is 0 Å². The van der Waals surface area contributed by atoms with Gasteiger partial charge in [0.1, 0.15) is 11.2 Å². The molecule has 0 spiro atoms. The van der Waals surface area contributed by atoms with Gasteiger partial charge in [-0.1, -0.05) is 0 Å². The molecular weight excluding hydrogens is 210 g/mol. The Labute approximate surface area is 80.0 Å². The molecule has 0 radical (unpaired) electrons. The Balaban J connectivity index is 3.27. The third-order valence-electron chi connectivity index (χ3n) is 1.39. The highest BCUT2D eigenvalue weighted by atomic mass is 32.2. The Morgan fingerprint density at radius 1 is 1.50 bits per heavy atom. The van der Waals surface area contributed by atoms with Crippen LogP contribution in [-0.2, 0) is 10.3 Å². The lowest BCUT2D eigenvalue weighted by Crippen LogP contribution is -2.19. The smallest absolute Gasteiger partial charge is 0.348 e. The number of hydrogen-bond acceptors (Lipinski definition) is 6. The predicted octanol–water partition coefficient (Wildman–Crippen LogP) is -2.05. The van der Waals surface area contributed by atoms with E-state index in [-0.39, 0.29) is 23.7 Å². The summed E-state index contributed by atoms with van der Waals surface area (Å²) in [5.74, 6) is -0.0904. The summed E-state index contributed by atoms with van der Waals surface area (Å²) in [5.41, 5.74) is -0.684. The number of nitrogens with one attached hydrogen (secondary N) is 1. The average molecular weight is 217 g/mol. The molecule has 1 heterocycles. The second-order valence-electron chi connectivity index (χ2n) is 2.28. The molecule has 0 amide bonds. The topological polar surface area (TPSA) is 113 Å². The van der Waals surface area contributed by atoms with Crippen LogP contribution >= 0.6 is 0 Å². The lowest BCUT2D eigenvalue weighted by atomic mass is 10.3. The van der Waals surface area contributed by atoms with Crippen LogP contribution < -0.4 is 5.69 Å². The monoisotopic (exact) mass is 217 g/mol. The summed E-state index contributed by atoms with van der Waals surface area (Å²) in [6, 6.07) is 0. The molecule has 0 atom stereocenters. The van der Waals surface area contributed by atoms with Gasteiger partial charge in [0, 0.05) is 13.0 Å². The predicted molar refractivity (Wildman–Crippen MR) is 47.4 cm³/mol. The van der Waals surface area contributed by atoms with Crippen LogP contribution in [0.2, 0.25) is 0 Å². The van der Waals surface area contributed by atoms with E-state index in [4.69, 9.17) is 5.11 Å². The van der Waals surface area contributed by atoms with E-state index in [1.807, 2.05) is 0 Å². The van der Waals surface area contributed by atoms with Crippen molar-refractivity contribution >= 4 is 15.2 Å². The summed E-state index contributed by atoms with van der Waals surface area (Å²) in [6.07, 6.45) is 0.863. The first-order valence-electron chi connectivity index (χ1n) is 3.62. The summed E-state index contributed by atoms with van der Waals surface area (Å²) in [5, 5.41) is 8.59. The molecule has 7 nitrogen and oxygen atoms in total. The number of H-pyrrole nitrogens is 1. The van der Waals surface area contributed by atoms with Crippen molar-refractivity contribution in [3.63, 3.8) is 0 Å². The minimum atomic E-state index is -2.52. The molecule has 14 heavy (non-hydrogen) atoms. The van der Waals surface area contributed by atoms with Gasteiger partial charge >= 0.3 is 5.69 Å². The normalized spacial score (nSPS) is 9.79. The van der Waals surface area contributed by atoms with Gasteiger partial charge in [-0.15, -0.1) is 0 Å². The Bertz CT molecular complexity index is 496. The van der Waals surface area contributed by atoms with E-state index >= 15 is 0 Å². The van der Waals surface area contributed by atoms with Gasteiger partial charge in [-0.2, -0.15) is 13.4 Å². The lowest BCUT2D eigenvalue weighted by Gasteiger charge is -1.97. The number of aliphatic hydroxyl groups is 1. The van der Waals surface area contributed by atoms with Crippen LogP contribution in [-0.4, -0.2) is 39.9 Å². The highest BCUT2D eigenvalue weighted by Gasteiger charge is 2.07. The molecule has 0 saturated heterocycles. The molecule has 0 fully saturated rings. The zero-order valence-corrected chi connectivity index (χ0v) is 7.78. The zero-order valence-electron chi connectivity index (χ0n) is 6.97. The summed E-state index contributed by atoms with van der Waals surface area (Å²) in [7, 11) is -2.52. The molecule has 0 bridgehead atoms. The van der Waals surface area contributed by atoms with Crippen molar-refractivity contribution in [1.29, 1.82) is 0 Å². The van der Waals surface area contributed by atoms with E-state index < -0.39 is 16.0 Å². The first-order valence-corrected chi connectivity index (χ1v) is 4.70. The van der Waals surface area contributed by atoms with Crippen LogP contribution in [0.3, 0.4) is 0 Å². The van der Waals surface area contributed by atoms with Gasteiger partial charge in [-0.3, -0.25) is 4.98 Å². The lowest BCUT2D eigenvalue weighted by molar-refractivity contribution is 0.307. The number of nitrogens with zero attached hydrogens (tertiary/aromatic N) is 2. The van der Waals surface area contributed by atoms with Crippen LogP contribution in [0.1, 0.15) is 12.2 Å². The van der Waals surface area contributed by atoms with E-state index in [0.717, 1.165) is 6.33 Å². The second-order valence-corrected chi connectivity index (χ2v) is 3.25. The van der Waals surface area contributed by atoms with Crippen LogP contribution in [0, 0.1) is 0 Å². The maximum Gasteiger partial charge on any atom is 0.348 e. The van der Waals surface area contributed by atoms with Crippen molar-refractivity contribution in [2.45, 2.75) is 6.42 Å². The summed E-state index contributed by atoms with van der Waals surface area (Å²) in [6.45, 7) is -0.338. The number of rotatable bonds is 3. The number of aliphatic hydroxyl groups excluding tert-OH is 1. The van der Waals surface area contributed by atoms with E-state index in [1.165, 1.54) is 0 Å². The van der Waals surface area contributed by atoms with Gasteiger partial charge in [-0.05, 0) is 0 Å². The fraction of sp³-hybridized carbons (Fsp3) is 0.333. The first-order chi connectivity index (χ1) is 6.65. The molecule has 0 unspecified atom stereocenters. The summed E-state index contributed by atoms with van der Waals surface area (Å²) < 4.78 is 21.3. The molecular formula is C6H7N3O4S. The third-order valence-corrected chi connectivity index (χ3v) is 2.19. The quantitative estimate of drug-likeness (QED) is 0.445. The molecule has 0 saturated carbocycles. The average Bonchev–Trinajstić information content (AvgIpc) is 2.13. The molecule has 0 aliphatic carbocycles. The fourth-order valence-electron chi connectivity index (χ4n) is 0.829. The molecule has 0 aliphatic rings. The minimum Gasteiger partial charge on any atom is -0.396 e. The number of hydrogen-bond donors (Lipinski definition) is 2. The highest BCUT2D eigenvalue weighted by Crippen LogP contribution is 1.91. The zero-order chi connectivity index (χ0) is 10.6. The molecule has 0 aliphatic heterocycles. The largest absolute Gasteiger partial charge is 0.396 e. The number of aromatic nitrogens is 3. The Kier molecular flexibility index (Phi) is 3.48. The van der Waals surface area contributed by atoms with E-state index in [0.29, 0.717) is 0 Å². The van der Waals surface area contributed by atoms with Crippen LogP contribution in [0.4, 0.5) is 0 Å². The van der Waals surface area contributed by atoms with Crippen molar-refractivity contribution in [2.24, 2.45) is 0 Å². The number of aromatic amines is 1. The van der Waals surface area contributed by atoms with Gasteiger partial charge in [0.15, 0.2) is 5.82 Å². The second kappa shape index (κ2) is 4.63. The minimum absolute atomic E-state index is 0.0904. The fourth-order valence-corrected chi connectivity index (χ4v) is 1.35. The standard InChI is InChI=1S/C6H7N3O4S/c10-2-1-4(14(12)13)5-7-3-8-6(11)9-5/h3,10H,1-2H2,(H,7,8,9,11). The molecule has 1 aromatic rings. The van der Waals surface area contributed by atoms with Gasteiger partial charge in [0.2, 0.25) is 10.3 Å². The van der Waals surface area contributed by atoms with Crippen LogP contribution in [0.15, 0.2) is 11.1 Å². The SMILES string of the molecule is O=c1ncnc(C(CCO)=S(=O)=O)[nH]1. The van der Waals surface area contributed by atoms with Gasteiger partial charge in [0.05, 0.1) is 0 Å². The third kappa shape index (κ3) is 2.47. The molecule has 0 aromatic carbocycles. The molecule has 76 valence electrons. The molecule has 1 rings (SSSR count). The first kappa shape index (κ1) is 10.5. The molecule has 1 aromatic heterocycles. The molecule has 2 N–H and O–H groups in total. The van der Waals surface area contributed by atoms with Crippen molar-refractivity contribution < 1.29 is 13.5 Å². The highest BCUT2D eigenvalue weighted by molar-refractivity contribution is 7.73. The Morgan fingerprint density at radius 2 is 2.21 bits per heavy atom. The Morgan fingerprint density at radius 3 is 2.71 bits per heavy atom. The van der Waals surface area contributed by atoms with Crippen molar-refractivity contribution in [3.05, 3.63) is 22.6 Å². The van der Waals surface area contributed by atoms with E-state index in [9.17, 15) is 13.2 Å². The van der Waals surface area contributed by atoms with Gasteiger partial charge in [-0.25, -0.2) is 9.78 Å². The van der Waals surface area contributed by atoms with Crippen LogP contribution in [0.25, 0.3) is 0 Å². The van der Waals surface area contributed by atoms with Crippen molar-refractivity contribution in [2.75, 3.05) is 6.61 Å². The summed E-state index contributed by atoms with van der Waals surface area (Å²) >= 11 is 0. The van der Waals surface area contributed by atoms with Crippen LogP contribution in [0.5, 0.6) is 0 Å².